The maximum absolute atomic E-state index is 9.57. The van der Waals surface area contributed by atoms with Gasteiger partial charge in [0.15, 0.2) is 0 Å². The number of rotatable bonds is 5. The zero-order chi connectivity index (χ0) is 13.1. The van der Waals surface area contributed by atoms with E-state index in [0.29, 0.717) is 12.6 Å². The van der Waals surface area contributed by atoms with Crippen molar-refractivity contribution < 1.29 is 10.2 Å². The first-order valence-corrected chi connectivity index (χ1v) is 7.27. The number of aliphatic hydroxyl groups is 2. The minimum absolute atomic E-state index is 0.168. The molecule has 2 rings (SSSR count). The third-order valence-electron chi connectivity index (χ3n) is 3.62. The van der Waals surface area contributed by atoms with Gasteiger partial charge in [-0.05, 0) is 59.8 Å². The van der Waals surface area contributed by atoms with E-state index in [1.165, 1.54) is 19.3 Å². The molecule has 0 bridgehead atoms. The van der Waals surface area contributed by atoms with Crippen LogP contribution in [0, 0.1) is 0 Å². The molecule has 3 nitrogen and oxygen atoms in total. The molecular weight excluding hydrogens is 294 g/mol. The van der Waals surface area contributed by atoms with Crippen LogP contribution in [0.2, 0.25) is 0 Å². The molecule has 0 radical (unpaired) electrons. The van der Waals surface area contributed by atoms with Crippen molar-refractivity contribution in [3.63, 3.8) is 0 Å². The molecule has 100 valence electrons. The minimum atomic E-state index is -0.453. The summed E-state index contributed by atoms with van der Waals surface area (Å²) in [5.41, 5.74) is 2.02. The summed E-state index contributed by atoms with van der Waals surface area (Å²) in [6.45, 7) is 2.59. The number of benzene rings is 1. The SMILES string of the molecule is C[C@@H](O)c1ccc(N(CCO)C2CCC2)c(Br)c1. The summed E-state index contributed by atoms with van der Waals surface area (Å²) in [5.74, 6) is 0. The molecule has 1 aromatic carbocycles. The molecule has 0 amide bonds. The topological polar surface area (TPSA) is 43.7 Å². The van der Waals surface area contributed by atoms with Gasteiger partial charge in [0.25, 0.3) is 0 Å². The maximum atomic E-state index is 9.57. The van der Waals surface area contributed by atoms with E-state index in [0.717, 1.165) is 15.7 Å². The second kappa shape index (κ2) is 6.04. The van der Waals surface area contributed by atoms with Crippen LogP contribution in [0.3, 0.4) is 0 Å². The van der Waals surface area contributed by atoms with Crippen LogP contribution in [-0.2, 0) is 0 Å². The molecule has 1 aromatic rings. The van der Waals surface area contributed by atoms with E-state index < -0.39 is 6.10 Å². The average molecular weight is 314 g/mol. The van der Waals surface area contributed by atoms with Crippen molar-refractivity contribution in [2.75, 3.05) is 18.1 Å². The lowest BCUT2D eigenvalue weighted by Crippen LogP contribution is -2.42. The van der Waals surface area contributed by atoms with Crippen LogP contribution in [0.4, 0.5) is 5.69 Å². The molecular formula is C14H20BrNO2. The highest BCUT2D eigenvalue weighted by molar-refractivity contribution is 9.10. The van der Waals surface area contributed by atoms with Gasteiger partial charge in [0.2, 0.25) is 0 Å². The minimum Gasteiger partial charge on any atom is -0.395 e. The number of nitrogens with zero attached hydrogens (tertiary/aromatic N) is 1. The highest BCUT2D eigenvalue weighted by Crippen LogP contribution is 2.35. The van der Waals surface area contributed by atoms with Crippen molar-refractivity contribution >= 4 is 21.6 Å². The number of anilines is 1. The Hall–Kier alpha value is -0.580. The molecule has 18 heavy (non-hydrogen) atoms. The fraction of sp³-hybridized carbons (Fsp3) is 0.571. The van der Waals surface area contributed by atoms with Crippen LogP contribution in [0.5, 0.6) is 0 Å². The molecule has 1 fully saturated rings. The van der Waals surface area contributed by atoms with Gasteiger partial charge in [-0.3, -0.25) is 0 Å². The van der Waals surface area contributed by atoms with E-state index in [1.54, 1.807) is 6.92 Å². The van der Waals surface area contributed by atoms with Crippen molar-refractivity contribution in [3.8, 4) is 0 Å². The van der Waals surface area contributed by atoms with Gasteiger partial charge in [0.1, 0.15) is 0 Å². The molecule has 1 aliphatic carbocycles. The Balaban J connectivity index is 2.23. The zero-order valence-corrected chi connectivity index (χ0v) is 12.2. The molecule has 1 aliphatic rings. The monoisotopic (exact) mass is 313 g/mol. The molecule has 0 heterocycles. The third kappa shape index (κ3) is 2.87. The van der Waals surface area contributed by atoms with Crippen LogP contribution in [0.25, 0.3) is 0 Å². The summed E-state index contributed by atoms with van der Waals surface area (Å²) in [6.07, 6.45) is 3.22. The summed E-state index contributed by atoms with van der Waals surface area (Å²) < 4.78 is 0.987. The Bertz CT molecular complexity index is 405. The van der Waals surface area contributed by atoms with Crippen LogP contribution < -0.4 is 4.90 Å². The summed E-state index contributed by atoms with van der Waals surface area (Å²) in [6, 6.07) is 6.49. The normalized spacial score (nSPS) is 17.3. The van der Waals surface area contributed by atoms with Crippen LogP contribution in [0.1, 0.15) is 37.9 Å². The van der Waals surface area contributed by atoms with Gasteiger partial charge in [-0.15, -0.1) is 0 Å². The van der Waals surface area contributed by atoms with Gasteiger partial charge < -0.3 is 15.1 Å². The fourth-order valence-corrected chi connectivity index (χ4v) is 2.95. The van der Waals surface area contributed by atoms with Gasteiger partial charge in [0, 0.05) is 17.1 Å². The lowest BCUT2D eigenvalue weighted by Gasteiger charge is -2.39. The van der Waals surface area contributed by atoms with Gasteiger partial charge in [-0.1, -0.05) is 6.07 Å². The smallest absolute Gasteiger partial charge is 0.0762 e. The molecule has 1 atom stereocenters. The quantitative estimate of drug-likeness (QED) is 0.878. The molecule has 0 spiro atoms. The van der Waals surface area contributed by atoms with Gasteiger partial charge in [-0.2, -0.15) is 0 Å². The summed E-state index contributed by atoms with van der Waals surface area (Å²) >= 11 is 3.57. The Morgan fingerprint density at radius 2 is 2.17 bits per heavy atom. The Kier molecular flexibility index (Phi) is 4.65. The number of hydrogen-bond donors (Lipinski definition) is 2. The van der Waals surface area contributed by atoms with Gasteiger partial charge >= 0.3 is 0 Å². The molecule has 0 aromatic heterocycles. The highest BCUT2D eigenvalue weighted by Gasteiger charge is 2.26. The second-order valence-electron chi connectivity index (χ2n) is 4.89. The summed E-state index contributed by atoms with van der Waals surface area (Å²) in [7, 11) is 0. The third-order valence-corrected chi connectivity index (χ3v) is 4.26. The largest absolute Gasteiger partial charge is 0.395 e. The highest BCUT2D eigenvalue weighted by atomic mass is 79.9. The van der Waals surface area contributed by atoms with Crippen molar-refractivity contribution in [1.29, 1.82) is 0 Å². The second-order valence-corrected chi connectivity index (χ2v) is 5.74. The first-order chi connectivity index (χ1) is 8.63. The molecule has 0 saturated heterocycles. The van der Waals surface area contributed by atoms with E-state index in [9.17, 15) is 10.2 Å². The van der Waals surface area contributed by atoms with Crippen molar-refractivity contribution in [1.82, 2.24) is 0 Å². The van der Waals surface area contributed by atoms with Crippen molar-refractivity contribution in [3.05, 3.63) is 28.2 Å². The zero-order valence-electron chi connectivity index (χ0n) is 10.6. The fourth-order valence-electron chi connectivity index (χ4n) is 2.32. The molecule has 0 aliphatic heterocycles. The number of aliphatic hydroxyl groups excluding tert-OH is 2. The van der Waals surface area contributed by atoms with E-state index in [1.807, 2.05) is 18.2 Å². The van der Waals surface area contributed by atoms with Crippen molar-refractivity contribution in [2.45, 2.75) is 38.3 Å². The van der Waals surface area contributed by atoms with Crippen LogP contribution in [0.15, 0.2) is 22.7 Å². The van der Waals surface area contributed by atoms with Crippen molar-refractivity contribution in [2.24, 2.45) is 0 Å². The van der Waals surface area contributed by atoms with E-state index in [4.69, 9.17) is 0 Å². The molecule has 0 unspecified atom stereocenters. The van der Waals surface area contributed by atoms with Crippen LogP contribution in [-0.4, -0.2) is 29.4 Å². The Morgan fingerprint density at radius 3 is 2.61 bits per heavy atom. The predicted molar refractivity (Wildman–Crippen MR) is 76.8 cm³/mol. The molecule has 4 heteroatoms. The van der Waals surface area contributed by atoms with Gasteiger partial charge in [-0.25, -0.2) is 0 Å². The lowest BCUT2D eigenvalue weighted by molar-refractivity contribution is 0.199. The number of halogens is 1. The van der Waals surface area contributed by atoms with E-state index in [-0.39, 0.29) is 6.61 Å². The first kappa shape index (κ1) is 13.8. The first-order valence-electron chi connectivity index (χ1n) is 6.48. The van der Waals surface area contributed by atoms with Crippen LogP contribution >= 0.6 is 15.9 Å². The maximum Gasteiger partial charge on any atom is 0.0762 e. The summed E-state index contributed by atoms with van der Waals surface area (Å²) in [4.78, 5) is 2.26. The Labute approximate surface area is 117 Å². The number of hydrogen-bond acceptors (Lipinski definition) is 3. The molecule has 2 N–H and O–H groups in total. The molecule has 1 saturated carbocycles. The Morgan fingerprint density at radius 1 is 1.44 bits per heavy atom. The van der Waals surface area contributed by atoms with E-state index >= 15 is 0 Å². The standard InChI is InChI=1S/C14H20BrNO2/c1-10(18)11-5-6-14(13(15)9-11)16(7-8-17)12-3-2-4-12/h5-6,9-10,12,17-18H,2-4,7-8H2,1H3/t10-/m1/s1. The summed E-state index contributed by atoms with van der Waals surface area (Å²) in [5, 5.41) is 18.8. The predicted octanol–water partition coefficient (Wildman–Crippen LogP) is 2.85. The van der Waals surface area contributed by atoms with E-state index in [2.05, 4.69) is 20.8 Å². The average Bonchev–Trinajstić information content (AvgIpc) is 2.26. The lowest BCUT2D eigenvalue weighted by atomic mass is 9.91. The van der Waals surface area contributed by atoms with Gasteiger partial charge in [0.05, 0.1) is 18.4 Å².